The van der Waals surface area contributed by atoms with Crippen LogP contribution in [0.25, 0.3) is 0 Å². The zero-order valence-electron chi connectivity index (χ0n) is 9.56. The summed E-state index contributed by atoms with van der Waals surface area (Å²) in [6.45, 7) is 0. The van der Waals surface area contributed by atoms with Crippen LogP contribution in [-0.4, -0.2) is 22.6 Å². The number of rotatable bonds is 3. The van der Waals surface area contributed by atoms with Gasteiger partial charge in [0.05, 0.1) is 12.4 Å². The van der Waals surface area contributed by atoms with Gasteiger partial charge in [0.15, 0.2) is 0 Å². The Morgan fingerprint density at radius 3 is 1.28 bits per heavy atom. The van der Waals surface area contributed by atoms with E-state index in [2.05, 4.69) is 10.2 Å². The fraction of sp³-hybridized carbons (Fsp3) is 0. The largest absolute Gasteiger partial charge is 0.508 e. The molecule has 0 heterocycles. The lowest BCUT2D eigenvalue weighted by molar-refractivity contribution is 0.475. The number of phenols is 2. The molecule has 2 rings (SSSR count). The summed E-state index contributed by atoms with van der Waals surface area (Å²) >= 11 is 0. The molecule has 0 saturated heterocycles. The Kier molecular flexibility index (Phi) is 3.71. The highest BCUT2D eigenvalue weighted by Crippen LogP contribution is 2.08. The molecular formula is C14H12N2O2. The first kappa shape index (κ1) is 11.9. The molecule has 0 spiro atoms. The minimum absolute atomic E-state index is 0.222. The van der Waals surface area contributed by atoms with Crippen LogP contribution in [0.3, 0.4) is 0 Å². The summed E-state index contributed by atoms with van der Waals surface area (Å²) in [6.07, 6.45) is 3.19. The van der Waals surface area contributed by atoms with E-state index in [1.54, 1.807) is 61.0 Å². The quantitative estimate of drug-likeness (QED) is 0.639. The fourth-order valence-electron chi connectivity index (χ4n) is 1.32. The third-order valence-corrected chi connectivity index (χ3v) is 2.27. The molecule has 0 fully saturated rings. The summed E-state index contributed by atoms with van der Waals surface area (Å²) in [6, 6.07) is 13.3. The van der Waals surface area contributed by atoms with Crippen molar-refractivity contribution in [1.29, 1.82) is 0 Å². The molecule has 2 N–H and O–H groups in total. The third-order valence-electron chi connectivity index (χ3n) is 2.27. The Bertz CT molecular complexity index is 504. The summed E-state index contributed by atoms with van der Waals surface area (Å²) in [5.41, 5.74) is 1.71. The van der Waals surface area contributed by atoms with Gasteiger partial charge in [0, 0.05) is 0 Å². The first-order valence-electron chi connectivity index (χ1n) is 5.38. The van der Waals surface area contributed by atoms with Crippen molar-refractivity contribution in [2.24, 2.45) is 10.2 Å². The van der Waals surface area contributed by atoms with Crippen LogP contribution in [0, 0.1) is 0 Å². The molecule has 0 aliphatic carbocycles. The molecule has 0 radical (unpaired) electrons. The molecular weight excluding hydrogens is 228 g/mol. The maximum absolute atomic E-state index is 9.10. The molecule has 90 valence electrons. The standard InChI is InChI=1S/C14H12N2O2/c17-13-5-1-11(2-6-13)9-15-16-10-12-3-7-14(18)8-4-12/h1-10,17-18H/b15-9-,16-10-. The molecule has 4 nitrogen and oxygen atoms in total. The molecule has 0 atom stereocenters. The molecule has 18 heavy (non-hydrogen) atoms. The van der Waals surface area contributed by atoms with E-state index in [0.29, 0.717) is 0 Å². The number of aromatic hydroxyl groups is 2. The minimum Gasteiger partial charge on any atom is -0.508 e. The normalized spacial score (nSPS) is 11.3. The van der Waals surface area contributed by atoms with Gasteiger partial charge in [-0.2, -0.15) is 10.2 Å². The van der Waals surface area contributed by atoms with E-state index in [9.17, 15) is 0 Å². The Labute approximate surface area is 105 Å². The number of nitrogens with zero attached hydrogens (tertiary/aromatic N) is 2. The lowest BCUT2D eigenvalue weighted by Crippen LogP contribution is -1.80. The molecule has 0 unspecified atom stereocenters. The van der Waals surface area contributed by atoms with E-state index in [1.807, 2.05) is 0 Å². The SMILES string of the molecule is Oc1ccc(/C=N\N=C/c2ccc(O)cc2)cc1. The van der Waals surface area contributed by atoms with Gasteiger partial charge in [-0.05, 0) is 59.7 Å². The molecule has 2 aromatic carbocycles. The van der Waals surface area contributed by atoms with Crippen molar-refractivity contribution >= 4 is 12.4 Å². The van der Waals surface area contributed by atoms with Gasteiger partial charge in [0.2, 0.25) is 0 Å². The Morgan fingerprint density at radius 2 is 0.944 bits per heavy atom. The van der Waals surface area contributed by atoms with Gasteiger partial charge in [-0.15, -0.1) is 0 Å². The maximum atomic E-state index is 9.10. The predicted octanol–water partition coefficient (Wildman–Crippen LogP) is 2.55. The van der Waals surface area contributed by atoms with E-state index in [4.69, 9.17) is 10.2 Å². The van der Waals surface area contributed by atoms with Crippen LogP contribution in [0.4, 0.5) is 0 Å². The van der Waals surface area contributed by atoms with Gasteiger partial charge in [0.25, 0.3) is 0 Å². The van der Waals surface area contributed by atoms with Crippen molar-refractivity contribution in [2.75, 3.05) is 0 Å². The molecule has 4 heteroatoms. The Morgan fingerprint density at radius 1 is 0.611 bits per heavy atom. The molecule has 2 aromatic rings. The smallest absolute Gasteiger partial charge is 0.115 e. The molecule has 0 bridgehead atoms. The topological polar surface area (TPSA) is 65.2 Å². The van der Waals surface area contributed by atoms with Crippen LogP contribution in [0.5, 0.6) is 11.5 Å². The van der Waals surface area contributed by atoms with E-state index < -0.39 is 0 Å². The van der Waals surface area contributed by atoms with Crippen LogP contribution in [0.15, 0.2) is 58.7 Å². The van der Waals surface area contributed by atoms with Crippen molar-refractivity contribution < 1.29 is 10.2 Å². The van der Waals surface area contributed by atoms with E-state index >= 15 is 0 Å². The molecule has 0 aliphatic rings. The van der Waals surface area contributed by atoms with Crippen LogP contribution in [0.2, 0.25) is 0 Å². The van der Waals surface area contributed by atoms with Gasteiger partial charge in [-0.25, -0.2) is 0 Å². The fourth-order valence-corrected chi connectivity index (χ4v) is 1.32. The Balaban J connectivity index is 1.98. The van der Waals surface area contributed by atoms with Gasteiger partial charge < -0.3 is 10.2 Å². The van der Waals surface area contributed by atoms with Gasteiger partial charge in [0.1, 0.15) is 11.5 Å². The summed E-state index contributed by atoms with van der Waals surface area (Å²) in [5.74, 6) is 0.444. The first-order valence-corrected chi connectivity index (χ1v) is 5.38. The highest BCUT2D eigenvalue weighted by atomic mass is 16.3. The van der Waals surface area contributed by atoms with Crippen molar-refractivity contribution in [2.45, 2.75) is 0 Å². The molecule has 0 amide bonds. The second kappa shape index (κ2) is 5.63. The summed E-state index contributed by atoms with van der Waals surface area (Å²) in [7, 11) is 0. The van der Waals surface area contributed by atoms with Crippen LogP contribution < -0.4 is 0 Å². The summed E-state index contributed by atoms with van der Waals surface area (Å²) in [4.78, 5) is 0. The zero-order valence-corrected chi connectivity index (χ0v) is 9.56. The number of hydrogen-bond donors (Lipinski definition) is 2. The molecule has 0 aliphatic heterocycles. The average Bonchev–Trinajstić information content (AvgIpc) is 2.39. The van der Waals surface area contributed by atoms with Gasteiger partial charge in [-0.3, -0.25) is 0 Å². The van der Waals surface area contributed by atoms with Gasteiger partial charge in [-0.1, -0.05) is 0 Å². The van der Waals surface area contributed by atoms with Crippen molar-refractivity contribution in [3.05, 3.63) is 59.7 Å². The summed E-state index contributed by atoms with van der Waals surface area (Å²) < 4.78 is 0. The van der Waals surface area contributed by atoms with Crippen molar-refractivity contribution in [3.63, 3.8) is 0 Å². The molecule has 0 aromatic heterocycles. The highest BCUT2D eigenvalue weighted by Gasteiger charge is 1.89. The Hall–Kier alpha value is -2.62. The van der Waals surface area contributed by atoms with Crippen LogP contribution in [-0.2, 0) is 0 Å². The van der Waals surface area contributed by atoms with Gasteiger partial charge >= 0.3 is 0 Å². The van der Waals surface area contributed by atoms with E-state index in [-0.39, 0.29) is 11.5 Å². The highest BCUT2D eigenvalue weighted by molar-refractivity contribution is 5.82. The maximum Gasteiger partial charge on any atom is 0.115 e. The summed E-state index contributed by atoms with van der Waals surface area (Å²) in [5, 5.41) is 26.0. The second-order valence-corrected chi connectivity index (χ2v) is 3.67. The zero-order chi connectivity index (χ0) is 12.8. The monoisotopic (exact) mass is 240 g/mol. The number of phenolic OH excluding ortho intramolecular Hbond substituents is 2. The average molecular weight is 240 g/mol. The minimum atomic E-state index is 0.222. The van der Waals surface area contributed by atoms with Crippen molar-refractivity contribution in [1.82, 2.24) is 0 Å². The second-order valence-electron chi connectivity index (χ2n) is 3.67. The lowest BCUT2D eigenvalue weighted by Gasteiger charge is -1.92. The number of hydrogen-bond acceptors (Lipinski definition) is 4. The third kappa shape index (κ3) is 3.45. The first-order chi connectivity index (χ1) is 8.74. The molecule has 0 saturated carbocycles. The number of benzene rings is 2. The van der Waals surface area contributed by atoms with Crippen LogP contribution >= 0.6 is 0 Å². The van der Waals surface area contributed by atoms with Crippen molar-refractivity contribution in [3.8, 4) is 11.5 Å². The lowest BCUT2D eigenvalue weighted by atomic mass is 10.2. The predicted molar refractivity (Wildman–Crippen MR) is 71.4 cm³/mol. The van der Waals surface area contributed by atoms with E-state index in [1.165, 1.54) is 0 Å². The van der Waals surface area contributed by atoms with E-state index in [0.717, 1.165) is 11.1 Å². The van der Waals surface area contributed by atoms with Crippen LogP contribution in [0.1, 0.15) is 11.1 Å².